The number of fused-ring (bicyclic) bond motifs is 1. The number of amides is 2. The van der Waals surface area contributed by atoms with Gasteiger partial charge in [-0.3, -0.25) is 4.79 Å². The molecule has 2 fully saturated rings. The Hall–Kier alpha value is -1.30. The van der Waals surface area contributed by atoms with Crippen LogP contribution in [0.5, 0.6) is 0 Å². The molecule has 2 N–H and O–H groups in total. The van der Waals surface area contributed by atoms with E-state index >= 15 is 0 Å². The van der Waals surface area contributed by atoms with Crippen molar-refractivity contribution in [3.63, 3.8) is 0 Å². The van der Waals surface area contributed by atoms with Crippen LogP contribution >= 0.6 is 0 Å². The van der Waals surface area contributed by atoms with Crippen molar-refractivity contribution in [2.45, 2.75) is 26.3 Å². The van der Waals surface area contributed by atoms with Crippen molar-refractivity contribution < 1.29 is 14.7 Å². The van der Waals surface area contributed by atoms with Gasteiger partial charge in [-0.25, -0.2) is 4.79 Å². The second-order valence-electron chi connectivity index (χ2n) is 6.15. The normalized spacial score (nSPS) is 28.5. The van der Waals surface area contributed by atoms with Crippen molar-refractivity contribution in [1.29, 1.82) is 0 Å². The Bertz CT molecular complexity index is 383. The van der Waals surface area contributed by atoms with Gasteiger partial charge < -0.3 is 20.2 Å². The minimum absolute atomic E-state index is 0.0340. The number of hydrogen-bond donors (Lipinski definition) is 2. The maximum Gasteiger partial charge on any atom is 0.320 e. The highest BCUT2D eigenvalue weighted by molar-refractivity contribution is 5.80. The molecule has 6 nitrogen and oxygen atoms in total. The number of carboxylic acids is 1. The van der Waals surface area contributed by atoms with Crippen molar-refractivity contribution >= 4 is 12.0 Å². The van der Waals surface area contributed by atoms with Gasteiger partial charge in [0.05, 0.1) is 11.0 Å². The highest BCUT2D eigenvalue weighted by Crippen LogP contribution is 2.30. The van der Waals surface area contributed by atoms with Gasteiger partial charge in [-0.2, -0.15) is 0 Å². The first-order chi connectivity index (χ1) is 8.26. The summed E-state index contributed by atoms with van der Waals surface area (Å²) < 4.78 is 0. The molecular weight excluding hydrogens is 234 g/mol. The number of piperazine rings is 1. The van der Waals surface area contributed by atoms with E-state index < -0.39 is 11.4 Å². The Labute approximate surface area is 107 Å². The monoisotopic (exact) mass is 255 g/mol. The third-order valence-electron chi connectivity index (χ3n) is 3.87. The van der Waals surface area contributed by atoms with Crippen LogP contribution in [0.4, 0.5) is 4.79 Å². The number of aliphatic carboxylic acids is 1. The lowest BCUT2D eigenvalue weighted by molar-refractivity contribution is -0.147. The van der Waals surface area contributed by atoms with Crippen LogP contribution in [0.3, 0.4) is 0 Å². The number of rotatable bonds is 3. The van der Waals surface area contributed by atoms with Crippen LogP contribution < -0.4 is 5.32 Å². The van der Waals surface area contributed by atoms with Crippen molar-refractivity contribution in [2.24, 2.45) is 5.41 Å². The van der Waals surface area contributed by atoms with Crippen molar-refractivity contribution in [3.8, 4) is 0 Å². The number of carbonyl (C=O) groups excluding carboxylic acids is 1. The van der Waals surface area contributed by atoms with Crippen LogP contribution in [-0.4, -0.2) is 65.2 Å². The van der Waals surface area contributed by atoms with Gasteiger partial charge >= 0.3 is 12.0 Å². The van der Waals surface area contributed by atoms with Crippen LogP contribution in [0.15, 0.2) is 0 Å². The summed E-state index contributed by atoms with van der Waals surface area (Å²) in [7, 11) is 0. The zero-order valence-corrected chi connectivity index (χ0v) is 11.2. The maximum absolute atomic E-state index is 12.3. The van der Waals surface area contributed by atoms with E-state index in [9.17, 15) is 9.59 Å². The largest absolute Gasteiger partial charge is 0.481 e. The van der Waals surface area contributed by atoms with Crippen LogP contribution in [-0.2, 0) is 4.79 Å². The molecule has 0 saturated carbocycles. The summed E-state index contributed by atoms with van der Waals surface area (Å²) in [5.41, 5.74) is -1.11. The molecule has 1 atom stereocenters. The van der Waals surface area contributed by atoms with E-state index in [-0.39, 0.29) is 18.1 Å². The van der Waals surface area contributed by atoms with Gasteiger partial charge in [0, 0.05) is 32.7 Å². The molecule has 2 aliphatic heterocycles. The standard InChI is InChI=1S/C12H21N3O3/c1-11(2,9(16)17)7-14-8-12(3)6-13-4-5-15(12)10(14)18/h13H,4-8H2,1-3H3,(H,16,17). The Morgan fingerprint density at radius 3 is 2.78 bits per heavy atom. The average Bonchev–Trinajstić information content (AvgIpc) is 2.50. The summed E-state index contributed by atoms with van der Waals surface area (Å²) in [5, 5.41) is 12.4. The molecule has 2 heterocycles. The van der Waals surface area contributed by atoms with Crippen molar-refractivity contribution in [3.05, 3.63) is 0 Å². The molecule has 2 aliphatic rings. The fraction of sp³-hybridized carbons (Fsp3) is 0.833. The zero-order valence-electron chi connectivity index (χ0n) is 11.2. The van der Waals surface area contributed by atoms with E-state index in [2.05, 4.69) is 5.32 Å². The molecule has 0 spiro atoms. The molecule has 0 aromatic carbocycles. The first-order valence-electron chi connectivity index (χ1n) is 6.27. The molecule has 2 amide bonds. The van der Waals surface area contributed by atoms with Crippen molar-refractivity contribution in [2.75, 3.05) is 32.7 Å². The number of carbonyl (C=O) groups is 2. The number of nitrogens with zero attached hydrogens (tertiary/aromatic N) is 2. The maximum atomic E-state index is 12.3. The topological polar surface area (TPSA) is 72.9 Å². The predicted octanol–water partition coefficient (Wildman–Crippen LogP) is 0.197. The smallest absolute Gasteiger partial charge is 0.320 e. The van der Waals surface area contributed by atoms with Crippen LogP contribution in [0.2, 0.25) is 0 Å². The van der Waals surface area contributed by atoms with E-state index in [1.54, 1.807) is 18.7 Å². The highest BCUT2D eigenvalue weighted by Gasteiger charge is 2.49. The van der Waals surface area contributed by atoms with Crippen LogP contribution in [0.25, 0.3) is 0 Å². The fourth-order valence-electron chi connectivity index (χ4n) is 2.70. The Balaban J connectivity index is 2.13. The summed E-state index contributed by atoms with van der Waals surface area (Å²) in [6.07, 6.45) is 0. The first kappa shape index (κ1) is 13.1. The van der Waals surface area contributed by atoms with Crippen molar-refractivity contribution in [1.82, 2.24) is 15.1 Å². The molecule has 0 radical (unpaired) electrons. The summed E-state index contributed by atoms with van der Waals surface area (Å²) in [5.74, 6) is -0.872. The number of hydrogen-bond acceptors (Lipinski definition) is 3. The van der Waals surface area contributed by atoms with Gasteiger partial charge in [0.1, 0.15) is 0 Å². The lowest BCUT2D eigenvalue weighted by Gasteiger charge is -2.38. The zero-order chi connectivity index (χ0) is 13.6. The Morgan fingerprint density at radius 1 is 1.56 bits per heavy atom. The number of nitrogens with one attached hydrogen (secondary N) is 1. The molecule has 2 rings (SSSR count). The summed E-state index contributed by atoms with van der Waals surface area (Å²) in [4.78, 5) is 27.0. The highest BCUT2D eigenvalue weighted by atomic mass is 16.4. The van der Waals surface area contributed by atoms with Crippen LogP contribution in [0, 0.1) is 5.41 Å². The summed E-state index contributed by atoms with van der Waals surface area (Å²) >= 11 is 0. The predicted molar refractivity (Wildman–Crippen MR) is 66.4 cm³/mol. The van der Waals surface area contributed by atoms with E-state index in [0.29, 0.717) is 13.1 Å². The van der Waals surface area contributed by atoms with Gasteiger partial charge in [-0.05, 0) is 20.8 Å². The molecule has 0 aliphatic carbocycles. The molecule has 18 heavy (non-hydrogen) atoms. The van der Waals surface area contributed by atoms with Crippen LogP contribution in [0.1, 0.15) is 20.8 Å². The molecule has 0 bridgehead atoms. The van der Waals surface area contributed by atoms with E-state index in [4.69, 9.17) is 5.11 Å². The SMILES string of the molecule is CC(C)(CN1CC2(C)CNCCN2C1=O)C(=O)O. The minimum Gasteiger partial charge on any atom is -0.481 e. The second-order valence-corrected chi connectivity index (χ2v) is 6.15. The second kappa shape index (κ2) is 4.12. The quantitative estimate of drug-likeness (QED) is 0.755. The molecule has 2 saturated heterocycles. The lowest BCUT2D eigenvalue weighted by atomic mass is 9.92. The van der Waals surface area contributed by atoms with E-state index in [1.165, 1.54) is 0 Å². The summed E-state index contributed by atoms with van der Waals surface area (Å²) in [6.45, 7) is 8.47. The van der Waals surface area contributed by atoms with Gasteiger partial charge in [-0.15, -0.1) is 0 Å². The van der Waals surface area contributed by atoms with Gasteiger partial charge in [0.15, 0.2) is 0 Å². The molecule has 1 unspecified atom stereocenters. The number of carboxylic acid groups (broad SMARTS) is 1. The third kappa shape index (κ3) is 2.05. The van der Waals surface area contributed by atoms with E-state index in [0.717, 1.165) is 13.1 Å². The van der Waals surface area contributed by atoms with Gasteiger partial charge in [-0.1, -0.05) is 0 Å². The fourth-order valence-corrected chi connectivity index (χ4v) is 2.70. The number of urea groups is 1. The Kier molecular flexibility index (Phi) is 3.01. The third-order valence-corrected chi connectivity index (χ3v) is 3.87. The summed E-state index contributed by atoms with van der Waals surface area (Å²) in [6, 6.07) is -0.0340. The van der Waals surface area contributed by atoms with E-state index in [1.807, 2.05) is 11.8 Å². The Morgan fingerprint density at radius 2 is 2.22 bits per heavy atom. The molecular formula is C12H21N3O3. The lowest BCUT2D eigenvalue weighted by Crippen LogP contribution is -2.58. The molecule has 0 aromatic rings. The molecule has 102 valence electrons. The first-order valence-corrected chi connectivity index (χ1v) is 6.27. The molecule has 6 heteroatoms. The average molecular weight is 255 g/mol. The minimum atomic E-state index is -0.909. The van der Waals surface area contributed by atoms with Gasteiger partial charge in [0.2, 0.25) is 0 Å². The van der Waals surface area contributed by atoms with Gasteiger partial charge in [0.25, 0.3) is 0 Å². The molecule has 0 aromatic heterocycles.